The van der Waals surface area contributed by atoms with Crippen LogP contribution in [0.15, 0.2) is 18.2 Å². The molecular formula is C10H13NO3. The number of benzene rings is 1. The molecule has 1 aromatic rings. The van der Waals surface area contributed by atoms with Gasteiger partial charge in [0.25, 0.3) is 0 Å². The summed E-state index contributed by atoms with van der Waals surface area (Å²) in [6.45, 7) is 0.346. The van der Waals surface area contributed by atoms with E-state index >= 15 is 0 Å². The highest BCUT2D eigenvalue weighted by atomic mass is 16.7. The molecule has 4 heteroatoms. The SMILES string of the molecule is CN[C@H](CO)c1ccc2c(c1)OCO2. The molecule has 0 saturated heterocycles. The third kappa shape index (κ3) is 1.54. The zero-order valence-corrected chi connectivity index (χ0v) is 7.99. The van der Waals surface area contributed by atoms with Gasteiger partial charge in [0.1, 0.15) is 0 Å². The quantitative estimate of drug-likeness (QED) is 0.744. The number of aliphatic hydroxyl groups is 1. The van der Waals surface area contributed by atoms with Gasteiger partial charge in [-0.2, -0.15) is 0 Å². The lowest BCUT2D eigenvalue weighted by Gasteiger charge is -2.13. The summed E-state index contributed by atoms with van der Waals surface area (Å²) in [5, 5.41) is 12.1. The van der Waals surface area contributed by atoms with Crippen LogP contribution in [-0.2, 0) is 0 Å². The van der Waals surface area contributed by atoms with Crippen LogP contribution in [0.4, 0.5) is 0 Å². The van der Waals surface area contributed by atoms with E-state index in [1.165, 1.54) is 0 Å². The maximum Gasteiger partial charge on any atom is 0.231 e. The Labute approximate surface area is 82.5 Å². The van der Waals surface area contributed by atoms with Crippen molar-refractivity contribution in [2.75, 3.05) is 20.4 Å². The van der Waals surface area contributed by atoms with Gasteiger partial charge in [0.05, 0.1) is 12.6 Å². The van der Waals surface area contributed by atoms with Crippen LogP contribution >= 0.6 is 0 Å². The first-order chi connectivity index (χ1) is 6.85. The molecule has 1 aromatic carbocycles. The Morgan fingerprint density at radius 2 is 2.21 bits per heavy atom. The molecular weight excluding hydrogens is 182 g/mol. The van der Waals surface area contributed by atoms with Crippen LogP contribution in [0, 0.1) is 0 Å². The molecule has 1 atom stereocenters. The van der Waals surface area contributed by atoms with E-state index in [1.54, 1.807) is 0 Å². The lowest BCUT2D eigenvalue weighted by Crippen LogP contribution is -2.19. The fourth-order valence-corrected chi connectivity index (χ4v) is 1.49. The number of hydrogen-bond acceptors (Lipinski definition) is 4. The summed E-state index contributed by atoms with van der Waals surface area (Å²) in [6.07, 6.45) is 0. The van der Waals surface area contributed by atoms with E-state index in [0.717, 1.165) is 17.1 Å². The molecule has 76 valence electrons. The summed E-state index contributed by atoms with van der Waals surface area (Å²) in [7, 11) is 1.81. The van der Waals surface area contributed by atoms with Crippen molar-refractivity contribution in [3.63, 3.8) is 0 Å². The third-order valence-corrected chi connectivity index (χ3v) is 2.33. The van der Waals surface area contributed by atoms with Crippen molar-refractivity contribution in [1.82, 2.24) is 5.32 Å². The molecule has 0 radical (unpaired) electrons. The second-order valence-electron chi connectivity index (χ2n) is 3.14. The predicted molar refractivity (Wildman–Crippen MR) is 51.5 cm³/mol. The Morgan fingerprint density at radius 1 is 1.43 bits per heavy atom. The molecule has 2 rings (SSSR count). The largest absolute Gasteiger partial charge is 0.454 e. The Balaban J connectivity index is 2.27. The van der Waals surface area contributed by atoms with Crippen molar-refractivity contribution in [2.24, 2.45) is 0 Å². The first-order valence-electron chi connectivity index (χ1n) is 4.53. The lowest BCUT2D eigenvalue weighted by molar-refractivity contribution is 0.174. The molecule has 1 heterocycles. The molecule has 0 aromatic heterocycles. The van der Waals surface area contributed by atoms with Crippen LogP contribution in [0.2, 0.25) is 0 Å². The highest BCUT2D eigenvalue weighted by molar-refractivity contribution is 5.45. The van der Waals surface area contributed by atoms with Crippen molar-refractivity contribution in [3.05, 3.63) is 23.8 Å². The molecule has 1 aliphatic rings. The number of hydrogen-bond donors (Lipinski definition) is 2. The van der Waals surface area contributed by atoms with E-state index in [-0.39, 0.29) is 19.4 Å². The van der Waals surface area contributed by atoms with Gasteiger partial charge in [-0.15, -0.1) is 0 Å². The van der Waals surface area contributed by atoms with Gasteiger partial charge in [0, 0.05) is 0 Å². The summed E-state index contributed by atoms with van der Waals surface area (Å²) in [4.78, 5) is 0. The molecule has 4 nitrogen and oxygen atoms in total. The third-order valence-electron chi connectivity index (χ3n) is 2.33. The monoisotopic (exact) mass is 195 g/mol. The zero-order valence-electron chi connectivity index (χ0n) is 7.99. The minimum atomic E-state index is -0.0514. The summed E-state index contributed by atoms with van der Waals surface area (Å²) in [5.74, 6) is 1.51. The van der Waals surface area contributed by atoms with Crippen LogP contribution in [0.5, 0.6) is 11.5 Å². The second-order valence-corrected chi connectivity index (χ2v) is 3.14. The van der Waals surface area contributed by atoms with Gasteiger partial charge in [-0.05, 0) is 24.7 Å². The van der Waals surface area contributed by atoms with Crippen molar-refractivity contribution >= 4 is 0 Å². The van der Waals surface area contributed by atoms with E-state index in [1.807, 2.05) is 25.2 Å². The molecule has 14 heavy (non-hydrogen) atoms. The summed E-state index contributed by atoms with van der Waals surface area (Å²) >= 11 is 0. The maximum absolute atomic E-state index is 9.09. The number of aliphatic hydroxyl groups excluding tert-OH is 1. The van der Waals surface area contributed by atoms with E-state index in [0.29, 0.717) is 0 Å². The molecule has 0 unspecified atom stereocenters. The molecule has 2 N–H and O–H groups in total. The number of ether oxygens (including phenoxy) is 2. The molecule has 0 aliphatic carbocycles. The standard InChI is InChI=1S/C10H13NO3/c1-11-8(5-12)7-2-3-9-10(4-7)14-6-13-9/h2-4,8,11-12H,5-6H2,1H3/t8-/m1/s1. The number of likely N-dealkylation sites (N-methyl/N-ethyl adjacent to an activating group) is 1. The van der Waals surface area contributed by atoms with Gasteiger partial charge in [0.2, 0.25) is 6.79 Å². The Bertz CT molecular complexity index is 323. The van der Waals surface area contributed by atoms with Crippen LogP contribution in [-0.4, -0.2) is 25.6 Å². The van der Waals surface area contributed by atoms with Gasteiger partial charge in [-0.1, -0.05) is 6.07 Å². The molecule has 0 fully saturated rings. The normalized spacial score (nSPS) is 15.6. The van der Waals surface area contributed by atoms with Crippen molar-refractivity contribution in [2.45, 2.75) is 6.04 Å². The Kier molecular flexibility index (Phi) is 2.56. The van der Waals surface area contributed by atoms with E-state index in [2.05, 4.69) is 5.32 Å². The summed E-state index contributed by atoms with van der Waals surface area (Å²) < 4.78 is 10.4. The Hall–Kier alpha value is -1.26. The summed E-state index contributed by atoms with van der Waals surface area (Å²) in [6, 6.07) is 5.62. The van der Waals surface area contributed by atoms with Gasteiger partial charge in [-0.25, -0.2) is 0 Å². The fourth-order valence-electron chi connectivity index (χ4n) is 1.49. The van der Waals surface area contributed by atoms with Gasteiger partial charge in [-0.3, -0.25) is 0 Å². The molecule has 1 aliphatic heterocycles. The minimum Gasteiger partial charge on any atom is -0.454 e. The van der Waals surface area contributed by atoms with Crippen molar-refractivity contribution in [3.8, 4) is 11.5 Å². The van der Waals surface area contributed by atoms with Crippen LogP contribution in [0.3, 0.4) is 0 Å². The smallest absolute Gasteiger partial charge is 0.231 e. The average Bonchev–Trinajstić information content (AvgIpc) is 2.66. The topological polar surface area (TPSA) is 50.7 Å². The number of fused-ring (bicyclic) bond motifs is 1. The van der Waals surface area contributed by atoms with Crippen molar-refractivity contribution < 1.29 is 14.6 Å². The van der Waals surface area contributed by atoms with Crippen LogP contribution < -0.4 is 14.8 Å². The van der Waals surface area contributed by atoms with Gasteiger partial charge < -0.3 is 19.9 Å². The number of nitrogens with one attached hydrogen (secondary N) is 1. The maximum atomic E-state index is 9.09. The first-order valence-corrected chi connectivity index (χ1v) is 4.53. The van der Waals surface area contributed by atoms with E-state index in [4.69, 9.17) is 14.6 Å². The molecule has 0 amide bonds. The van der Waals surface area contributed by atoms with Crippen molar-refractivity contribution in [1.29, 1.82) is 0 Å². The van der Waals surface area contributed by atoms with E-state index < -0.39 is 0 Å². The van der Waals surface area contributed by atoms with E-state index in [9.17, 15) is 0 Å². The van der Waals surface area contributed by atoms with Crippen LogP contribution in [0.1, 0.15) is 11.6 Å². The zero-order chi connectivity index (χ0) is 9.97. The number of rotatable bonds is 3. The Morgan fingerprint density at radius 3 is 2.93 bits per heavy atom. The molecule has 0 saturated carbocycles. The summed E-state index contributed by atoms with van der Waals surface area (Å²) in [5.41, 5.74) is 0.999. The molecule has 0 bridgehead atoms. The van der Waals surface area contributed by atoms with Gasteiger partial charge >= 0.3 is 0 Å². The predicted octanol–water partition coefficient (Wildman–Crippen LogP) is 0.668. The molecule has 0 spiro atoms. The average molecular weight is 195 g/mol. The minimum absolute atomic E-state index is 0.0514. The second kappa shape index (κ2) is 3.86. The highest BCUT2D eigenvalue weighted by Crippen LogP contribution is 2.33. The first kappa shape index (κ1) is 9.30. The highest BCUT2D eigenvalue weighted by Gasteiger charge is 2.16. The van der Waals surface area contributed by atoms with Gasteiger partial charge in [0.15, 0.2) is 11.5 Å². The lowest BCUT2D eigenvalue weighted by atomic mass is 10.1. The fraction of sp³-hybridized carbons (Fsp3) is 0.400. The van der Waals surface area contributed by atoms with Crippen LogP contribution in [0.25, 0.3) is 0 Å².